The number of carbonyl (C=O) groups is 2. The van der Waals surface area contributed by atoms with Crippen LogP contribution in [0.2, 0.25) is 0 Å². The predicted molar refractivity (Wildman–Crippen MR) is 93.8 cm³/mol. The maximum atomic E-state index is 12.8. The number of amides is 2. The fourth-order valence-electron chi connectivity index (χ4n) is 2.61. The van der Waals surface area contributed by atoms with Gasteiger partial charge in [-0.3, -0.25) is 9.59 Å². The molecule has 1 N–H and O–H groups in total. The molecular weight excluding hydrogens is 365 g/mol. The van der Waals surface area contributed by atoms with E-state index in [0.717, 1.165) is 12.1 Å². The molecule has 2 amide bonds. The Labute approximate surface area is 152 Å². The quantitative estimate of drug-likeness (QED) is 0.880. The molecule has 1 atom stereocenters. The van der Waals surface area contributed by atoms with Crippen molar-refractivity contribution in [1.82, 2.24) is 4.90 Å². The molecule has 1 aliphatic heterocycles. The maximum Gasteiger partial charge on any atom is 0.416 e. The maximum absolute atomic E-state index is 12.8. The van der Waals surface area contributed by atoms with Crippen molar-refractivity contribution in [2.24, 2.45) is 0 Å². The van der Waals surface area contributed by atoms with Crippen molar-refractivity contribution < 1.29 is 22.8 Å². The van der Waals surface area contributed by atoms with Crippen LogP contribution in [0.4, 0.5) is 18.9 Å². The van der Waals surface area contributed by atoms with Crippen molar-refractivity contribution in [2.45, 2.75) is 12.2 Å². The second-order valence-electron chi connectivity index (χ2n) is 5.72. The third kappa shape index (κ3) is 4.01. The fraction of sp³-hybridized carbons (Fsp3) is 0.222. The SMILES string of the molecule is O=C(Nc1cccc(C(F)(F)F)c1)[C@@H]1CSCN1C(=O)c1ccccc1. The monoisotopic (exact) mass is 380 g/mol. The molecule has 136 valence electrons. The average Bonchev–Trinajstić information content (AvgIpc) is 3.11. The van der Waals surface area contributed by atoms with E-state index in [1.54, 1.807) is 30.3 Å². The molecule has 1 heterocycles. The van der Waals surface area contributed by atoms with Crippen LogP contribution < -0.4 is 5.32 Å². The van der Waals surface area contributed by atoms with E-state index in [9.17, 15) is 22.8 Å². The van der Waals surface area contributed by atoms with E-state index in [1.165, 1.54) is 28.8 Å². The molecular formula is C18H15F3N2O2S. The molecule has 3 rings (SSSR count). The Balaban J connectivity index is 1.74. The lowest BCUT2D eigenvalue weighted by Crippen LogP contribution is -2.44. The minimum atomic E-state index is -4.49. The van der Waals surface area contributed by atoms with Crippen molar-refractivity contribution in [1.29, 1.82) is 0 Å². The lowest BCUT2D eigenvalue weighted by molar-refractivity contribution is -0.137. The molecule has 0 bridgehead atoms. The Bertz CT molecular complexity index is 812. The van der Waals surface area contributed by atoms with Crippen molar-refractivity contribution >= 4 is 29.3 Å². The number of carbonyl (C=O) groups excluding carboxylic acids is 2. The number of benzene rings is 2. The van der Waals surface area contributed by atoms with Gasteiger partial charge in [-0.05, 0) is 30.3 Å². The van der Waals surface area contributed by atoms with Gasteiger partial charge in [0.25, 0.3) is 5.91 Å². The van der Waals surface area contributed by atoms with E-state index in [1.807, 2.05) is 0 Å². The summed E-state index contributed by atoms with van der Waals surface area (Å²) < 4.78 is 38.4. The molecule has 26 heavy (non-hydrogen) atoms. The van der Waals surface area contributed by atoms with E-state index >= 15 is 0 Å². The third-order valence-electron chi connectivity index (χ3n) is 3.92. The van der Waals surface area contributed by atoms with Crippen molar-refractivity contribution in [3.8, 4) is 0 Å². The number of hydrogen-bond acceptors (Lipinski definition) is 3. The molecule has 0 aliphatic carbocycles. The van der Waals surface area contributed by atoms with Crippen LogP contribution in [0.15, 0.2) is 54.6 Å². The van der Waals surface area contributed by atoms with E-state index in [4.69, 9.17) is 0 Å². The zero-order valence-corrected chi connectivity index (χ0v) is 14.3. The van der Waals surface area contributed by atoms with Crippen LogP contribution in [-0.2, 0) is 11.0 Å². The van der Waals surface area contributed by atoms with E-state index in [-0.39, 0.29) is 11.6 Å². The van der Waals surface area contributed by atoms with Gasteiger partial charge in [0, 0.05) is 17.0 Å². The number of thioether (sulfide) groups is 1. The second kappa shape index (κ2) is 7.41. The number of hydrogen-bond donors (Lipinski definition) is 1. The molecule has 0 aromatic heterocycles. The van der Waals surface area contributed by atoms with Gasteiger partial charge in [-0.25, -0.2) is 0 Å². The van der Waals surface area contributed by atoms with Crippen LogP contribution in [0.3, 0.4) is 0 Å². The summed E-state index contributed by atoms with van der Waals surface area (Å²) in [5.41, 5.74) is -0.325. The Morgan fingerprint density at radius 2 is 1.81 bits per heavy atom. The summed E-state index contributed by atoms with van der Waals surface area (Å²) in [6, 6.07) is 12.3. The number of alkyl halides is 3. The van der Waals surface area contributed by atoms with Gasteiger partial charge in [0.2, 0.25) is 5.91 Å². The highest BCUT2D eigenvalue weighted by Crippen LogP contribution is 2.31. The molecule has 0 spiro atoms. The summed E-state index contributed by atoms with van der Waals surface area (Å²) >= 11 is 1.42. The standard InChI is InChI=1S/C18H15F3N2O2S/c19-18(20,21)13-7-4-8-14(9-13)22-16(24)15-10-26-11-23(15)17(25)12-5-2-1-3-6-12/h1-9,15H,10-11H2,(H,22,24)/t15-/m0/s1. The summed E-state index contributed by atoms with van der Waals surface area (Å²) in [5.74, 6) is -0.0315. The number of nitrogens with zero attached hydrogens (tertiary/aromatic N) is 1. The number of rotatable bonds is 3. The molecule has 2 aromatic carbocycles. The van der Waals surface area contributed by atoms with Gasteiger partial charge >= 0.3 is 6.18 Å². The molecule has 1 fully saturated rings. The third-order valence-corrected chi connectivity index (χ3v) is 4.94. The van der Waals surface area contributed by atoms with Gasteiger partial charge in [-0.15, -0.1) is 11.8 Å². The van der Waals surface area contributed by atoms with Crippen molar-refractivity contribution in [3.05, 3.63) is 65.7 Å². The van der Waals surface area contributed by atoms with Gasteiger partial charge in [0.1, 0.15) is 6.04 Å². The predicted octanol–water partition coefficient (Wildman–Crippen LogP) is 3.86. The number of anilines is 1. The van der Waals surface area contributed by atoms with Gasteiger partial charge in [0.05, 0.1) is 11.4 Å². The van der Waals surface area contributed by atoms with Crippen molar-refractivity contribution in [2.75, 3.05) is 16.9 Å². The van der Waals surface area contributed by atoms with Crippen LogP contribution in [0, 0.1) is 0 Å². The average molecular weight is 380 g/mol. The summed E-state index contributed by atoms with van der Waals surface area (Å²) in [4.78, 5) is 26.5. The van der Waals surface area contributed by atoms with Crippen LogP contribution in [0.25, 0.3) is 0 Å². The van der Waals surface area contributed by atoms with Crippen LogP contribution >= 0.6 is 11.8 Å². The normalized spacial score (nSPS) is 17.2. The molecule has 1 aliphatic rings. The van der Waals surface area contributed by atoms with Gasteiger partial charge in [-0.2, -0.15) is 13.2 Å². The number of nitrogens with one attached hydrogen (secondary N) is 1. The Hall–Kier alpha value is -2.48. The van der Waals surface area contributed by atoms with E-state index < -0.39 is 23.7 Å². The molecule has 0 radical (unpaired) electrons. The minimum absolute atomic E-state index is 0.0498. The van der Waals surface area contributed by atoms with Crippen molar-refractivity contribution in [3.63, 3.8) is 0 Å². The molecule has 1 saturated heterocycles. The Morgan fingerprint density at radius 3 is 2.50 bits per heavy atom. The topological polar surface area (TPSA) is 49.4 Å². The Kier molecular flexibility index (Phi) is 5.22. The van der Waals surface area contributed by atoms with Gasteiger partial charge in [-0.1, -0.05) is 24.3 Å². The zero-order chi connectivity index (χ0) is 18.7. The summed E-state index contributed by atoms with van der Waals surface area (Å²) in [6.45, 7) is 0. The Morgan fingerprint density at radius 1 is 1.08 bits per heavy atom. The van der Waals surface area contributed by atoms with Gasteiger partial charge in [0.15, 0.2) is 0 Å². The second-order valence-corrected chi connectivity index (χ2v) is 6.72. The summed E-state index contributed by atoms with van der Waals surface area (Å²) in [7, 11) is 0. The highest BCUT2D eigenvalue weighted by molar-refractivity contribution is 7.99. The first-order valence-corrected chi connectivity index (χ1v) is 8.93. The smallest absolute Gasteiger partial charge is 0.324 e. The van der Waals surface area contributed by atoms with Crippen LogP contribution in [0.1, 0.15) is 15.9 Å². The molecule has 0 unspecified atom stereocenters. The summed E-state index contributed by atoms with van der Waals surface area (Å²) in [6.07, 6.45) is -4.49. The lowest BCUT2D eigenvalue weighted by Gasteiger charge is -2.23. The van der Waals surface area contributed by atoms with Crippen LogP contribution in [0.5, 0.6) is 0 Å². The highest BCUT2D eigenvalue weighted by atomic mass is 32.2. The first kappa shape index (κ1) is 18.3. The number of halogens is 3. The van der Waals surface area contributed by atoms with Gasteiger partial charge < -0.3 is 10.2 Å². The first-order valence-electron chi connectivity index (χ1n) is 7.78. The molecule has 0 saturated carbocycles. The highest BCUT2D eigenvalue weighted by Gasteiger charge is 2.35. The summed E-state index contributed by atoms with van der Waals surface area (Å²) in [5, 5.41) is 2.49. The first-order chi connectivity index (χ1) is 12.4. The van der Waals surface area contributed by atoms with E-state index in [2.05, 4.69) is 5.32 Å². The lowest BCUT2D eigenvalue weighted by atomic mass is 10.1. The molecule has 4 nitrogen and oxygen atoms in total. The fourth-order valence-corrected chi connectivity index (χ4v) is 3.76. The molecule has 8 heteroatoms. The van der Waals surface area contributed by atoms with Crippen LogP contribution in [-0.4, -0.2) is 34.4 Å². The minimum Gasteiger partial charge on any atom is -0.324 e. The van der Waals surface area contributed by atoms with E-state index in [0.29, 0.717) is 17.2 Å². The zero-order valence-electron chi connectivity index (χ0n) is 13.5. The molecule has 2 aromatic rings. The largest absolute Gasteiger partial charge is 0.416 e.